The van der Waals surface area contributed by atoms with Crippen LogP contribution in [-0.2, 0) is 0 Å². The van der Waals surface area contributed by atoms with E-state index >= 15 is 0 Å². The number of rotatable bonds is 3. The van der Waals surface area contributed by atoms with Crippen molar-refractivity contribution in [3.63, 3.8) is 0 Å². The zero-order valence-corrected chi connectivity index (χ0v) is 11.9. The van der Waals surface area contributed by atoms with Gasteiger partial charge in [-0.1, -0.05) is 29.8 Å². The summed E-state index contributed by atoms with van der Waals surface area (Å²) < 4.78 is 13.8. The molecule has 0 aliphatic carbocycles. The molecule has 2 rings (SSSR count). The summed E-state index contributed by atoms with van der Waals surface area (Å²) in [6, 6.07) is 11.6. The van der Waals surface area contributed by atoms with E-state index in [0.717, 1.165) is 5.56 Å². The van der Waals surface area contributed by atoms with E-state index in [1.165, 1.54) is 22.8 Å². The summed E-state index contributed by atoms with van der Waals surface area (Å²) >= 11 is 0. The average Bonchev–Trinajstić information content (AvgIpc) is 2.36. The third-order valence-electron chi connectivity index (χ3n) is 3.40. The number of hydrogen-bond acceptors (Lipinski definition) is 1. The quantitative estimate of drug-likeness (QED) is 0.822. The molecule has 2 aromatic rings. The topological polar surface area (TPSA) is 12.0 Å². The lowest BCUT2D eigenvalue weighted by atomic mass is 9.99. The molecule has 100 valence electrons. The Morgan fingerprint density at radius 2 is 1.58 bits per heavy atom. The zero-order valence-electron chi connectivity index (χ0n) is 11.9. The Labute approximate surface area is 114 Å². The Kier molecular flexibility index (Phi) is 3.89. The molecule has 0 amide bonds. The highest BCUT2D eigenvalue weighted by atomic mass is 19.1. The lowest BCUT2D eigenvalue weighted by Gasteiger charge is -2.19. The van der Waals surface area contributed by atoms with E-state index in [1.54, 1.807) is 6.07 Å². The molecule has 0 saturated carbocycles. The van der Waals surface area contributed by atoms with Gasteiger partial charge in [-0.15, -0.1) is 0 Å². The van der Waals surface area contributed by atoms with E-state index in [0.29, 0.717) is 5.69 Å². The highest BCUT2D eigenvalue weighted by Gasteiger charge is 2.11. The number of anilines is 1. The normalized spacial score (nSPS) is 12.3. The van der Waals surface area contributed by atoms with E-state index in [1.807, 2.05) is 13.0 Å². The molecule has 0 fully saturated rings. The van der Waals surface area contributed by atoms with Crippen LogP contribution in [0.1, 0.15) is 35.2 Å². The Morgan fingerprint density at radius 3 is 2.32 bits per heavy atom. The Balaban J connectivity index is 2.27. The molecule has 0 heterocycles. The van der Waals surface area contributed by atoms with Gasteiger partial charge in [-0.05, 0) is 56.5 Å². The summed E-state index contributed by atoms with van der Waals surface area (Å²) in [6.07, 6.45) is 0. The minimum atomic E-state index is -0.206. The van der Waals surface area contributed by atoms with Crippen LogP contribution in [0.15, 0.2) is 36.4 Å². The Hall–Kier alpha value is -1.83. The summed E-state index contributed by atoms with van der Waals surface area (Å²) in [5.74, 6) is -0.206. The molecule has 0 aliphatic heterocycles. The van der Waals surface area contributed by atoms with Crippen LogP contribution in [0.2, 0.25) is 0 Å². The predicted octanol–water partition coefficient (Wildman–Crippen LogP) is 4.92. The van der Waals surface area contributed by atoms with Crippen molar-refractivity contribution in [2.24, 2.45) is 0 Å². The predicted molar refractivity (Wildman–Crippen MR) is 79.1 cm³/mol. The van der Waals surface area contributed by atoms with Gasteiger partial charge in [0.25, 0.3) is 0 Å². The van der Waals surface area contributed by atoms with Crippen molar-refractivity contribution >= 4 is 5.69 Å². The molecule has 0 radical (unpaired) electrons. The van der Waals surface area contributed by atoms with Crippen molar-refractivity contribution in [3.05, 3.63) is 64.5 Å². The molecule has 0 spiro atoms. The van der Waals surface area contributed by atoms with Crippen LogP contribution in [0.4, 0.5) is 10.1 Å². The van der Waals surface area contributed by atoms with Crippen molar-refractivity contribution in [3.8, 4) is 0 Å². The van der Waals surface area contributed by atoms with Gasteiger partial charge >= 0.3 is 0 Å². The second-order valence-electron chi connectivity index (χ2n) is 5.21. The van der Waals surface area contributed by atoms with E-state index < -0.39 is 0 Å². The Bertz CT molecular complexity index is 590. The third kappa shape index (κ3) is 3.14. The van der Waals surface area contributed by atoms with Gasteiger partial charge in [-0.2, -0.15) is 0 Å². The lowest BCUT2D eigenvalue weighted by molar-refractivity contribution is 0.627. The van der Waals surface area contributed by atoms with E-state index in [4.69, 9.17) is 0 Å². The lowest BCUT2D eigenvalue weighted by Crippen LogP contribution is -2.09. The minimum Gasteiger partial charge on any atom is -0.376 e. The molecule has 0 aliphatic rings. The van der Waals surface area contributed by atoms with Gasteiger partial charge in [-0.25, -0.2) is 4.39 Å². The minimum absolute atomic E-state index is 0.0798. The largest absolute Gasteiger partial charge is 0.376 e. The maximum absolute atomic E-state index is 13.8. The van der Waals surface area contributed by atoms with Gasteiger partial charge < -0.3 is 5.32 Å². The first-order valence-corrected chi connectivity index (χ1v) is 6.57. The standard InChI is InChI=1S/C17H20FN/c1-11-5-7-13(3)15(9-11)14(4)19-17-10-12(2)6-8-16(17)18/h5-10,14,19H,1-4H3. The van der Waals surface area contributed by atoms with Gasteiger partial charge in [0.05, 0.1) is 5.69 Å². The highest BCUT2D eigenvalue weighted by molar-refractivity contribution is 5.49. The van der Waals surface area contributed by atoms with Crippen LogP contribution in [0.25, 0.3) is 0 Å². The van der Waals surface area contributed by atoms with Crippen LogP contribution in [0.3, 0.4) is 0 Å². The average molecular weight is 257 g/mol. The number of benzene rings is 2. The molecule has 0 saturated heterocycles. The third-order valence-corrected chi connectivity index (χ3v) is 3.40. The van der Waals surface area contributed by atoms with Crippen molar-refractivity contribution in [2.75, 3.05) is 5.32 Å². The van der Waals surface area contributed by atoms with Crippen molar-refractivity contribution < 1.29 is 4.39 Å². The summed E-state index contributed by atoms with van der Waals surface area (Å²) in [5.41, 5.74) is 5.27. The van der Waals surface area contributed by atoms with Crippen LogP contribution in [0, 0.1) is 26.6 Å². The van der Waals surface area contributed by atoms with Crippen LogP contribution >= 0.6 is 0 Å². The zero-order chi connectivity index (χ0) is 14.0. The van der Waals surface area contributed by atoms with Gasteiger partial charge in [-0.3, -0.25) is 0 Å². The molecule has 2 heteroatoms. The number of nitrogens with one attached hydrogen (secondary N) is 1. The molecular weight excluding hydrogens is 237 g/mol. The second-order valence-corrected chi connectivity index (χ2v) is 5.21. The molecular formula is C17H20FN. The monoisotopic (exact) mass is 257 g/mol. The van der Waals surface area contributed by atoms with Gasteiger partial charge in [0.2, 0.25) is 0 Å². The fraction of sp³-hybridized carbons (Fsp3) is 0.294. The van der Waals surface area contributed by atoms with Crippen LogP contribution in [-0.4, -0.2) is 0 Å². The number of hydrogen-bond donors (Lipinski definition) is 1. The summed E-state index contributed by atoms with van der Waals surface area (Å²) in [4.78, 5) is 0. The van der Waals surface area contributed by atoms with E-state index in [-0.39, 0.29) is 11.9 Å². The smallest absolute Gasteiger partial charge is 0.146 e. The number of halogens is 1. The molecule has 1 unspecified atom stereocenters. The molecule has 19 heavy (non-hydrogen) atoms. The maximum Gasteiger partial charge on any atom is 0.146 e. The Morgan fingerprint density at radius 1 is 0.947 bits per heavy atom. The molecule has 0 aromatic heterocycles. The first kappa shape index (κ1) is 13.6. The van der Waals surface area contributed by atoms with Crippen LogP contribution in [0.5, 0.6) is 0 Å². The first-order valence-electron chi connectivity index (χ1n) is 6.57. The second kappa shape index (κ2) is 5.43. The molecule has 1 atom stereocenters. The van der Waals surface area contributed by atoms with Gasteiger partial charge in [0.1, 0.15) is 5.82 Å². The van der Waals surface area contributed by atoms with Crippen LogP contribution < -0.4 is 5.32 Å². The fourth-order valence-corrected chi connectivity index (χ4v) is 2.29. The molecule has 2 aromatic carbocycles. The first-order chi connectivity index (χ1) is 8.97. The molecule has 0 bridgehead atoms. The fourth-order valence-electron chi connectivity index (χ4n) is 2.29. The van der Waals surface area contributed by atoms with Gasteiger partial charge in [0.15, 0.2) is 0 Å². The summed E-state index contributed by atoms with van der Waals surface area (Å²) in [5, 5.41) is 3.26. The highest BCUT2D eigenvalue weighted by Crippen LogP contribution is 2.25. The van der Waals surface area contributed by atoms with Crippen molar-refractivity contribution in [1.82, 2.24) is 0 Å². The summed E-state index contributed by atoms with van der Waals surface area (Å²) in [6.45, 7) is 8.18. The van der Waals surface area contributed by atoms with E-state index in [2.05, 4.69) is 44.3 Å². The summed E-state index contributed by atoms with van der Waals surface area (Å²) in [7, 11) is 0. The molecule has 1 N–H and O–H groups in total. The molecule has 1 nitrogen and oxygen atoms in total. The SMILES string of the molecule is Cc1ccc(F)c(NC(C)c2cc(C)ccc2C)c1. The maximum atomic E-state index is 13.8. The van der Waals surface area contributed by atoms with Gasteiger partial charge in [0, 0.05) is 6.04 Å². The van der Waals surface area contributed by atoms with Crippen molar-refractivity contribution in [1.29, 1.82) is 0 Å². The van der Waals surface area contributed by atoms with Crippen molar-refractivity contribution in [2.45, 2.75) is 33.7 Å². The number of aryl methyl sites for hydroxylation is 3. The van der Waals surface area contributed by atoms with E-state index in [9.17, 15) is 4.39 Å².